The molecule has 2 saturated heterocycles. The first kappa shape index (κ1) is 4.69. The van der Waals surface area contributed by atoms with Crippen LogP contribution in [0.25, 0.3) is 0 Å². The number of epoxide rings is 1. The van der Waals surface area contributed by atoms with E-state index in [9.17, 15) is 0 Å². The van der Waals surface area contributed by atoms with Gasteiger partial charge in [0.1, 0.15) is 12.7 Å². The van der Waals surface area contributed by atoms with E-state index in [1.165, 1.54) is 0 Å². The molecule has 0 saturated carbocycles. The molecule has 0 bridgehead atoms. The number of ether oxygens (including phenoxy) is 1. The second kappa shape index (κ2) is 1.22. The van der Waals surface area contributed by atoms with E-state index in [1.807, 2.05) is 0 Å². The van der Waals surface area contributed by atoms with E-state index in [-0.39, 0.29) is 12.7 Å². The third kappa shape index (κ3) is 0.482. The molecule has 1 N–H and O–H groups in total. The van der Waals surface area contributed by atoms with Crippen molar-refractivity contribution < 1.29 is 19.6 Å². The van der Waals surface area contributed by atoms with Crippen molar-refractivity contribution in [1.82, 2.24) is 0 Å². The maximum Gasteiger partial charge on any atom is 0.284 e. The molecule has 2 heterocycles. The zero-order valence-corrected chi connectivity index (χ0v) is 4.16. The molecular formula is C4H6O4. The van der Waals surface area contributed by atoms with Crippen molar-refractivity contribution in [3.05, 3.63) is 0 Å². The van der Waals surface area contributed by atoms with E-state index < -0.39 is 5.79 Å². The molecule has 4 nitrogen and oxygen atoms in total. The number of hydrogen-bond donors (Lipinski definition) is 1. The third-order valence-electron chi connectivity index (χ3n) is 1.34. The van der Waals surface area contributed by atoms with Crippen LogP contribution in [0.2, 0.25) is 0 Å². The van der Waals surface area contributed by atoms with Gasteiger partial charge < -0.3 is 9.84 Å². The summed E-state index contributed by atoms with van der Waals surface area (Å²) in [5, 5.41) is 8.54. The molecule has 0 spiro atoms. The van der Waals surface area contributed by atoms with Gasteiger partial charge in [0.2, 0.25) is 0 Å². The minimum Gasteiger partial charge on any atom is -0.390 e. The fourth-order valence-corrected chi connectivity index (χ4v) is 0.617. The van der Waals surface area contributed by atoms with Crippen LogP contribution >= 0.6 is 0 Å². The summed E-state index contributed by atoms with van der Waals surface area (Å²) in [6, 6.07) is 0. The SMILES string of the molecule is OCC1([C@@H]2CO2)OO1. The summed E-state index contributed by atoms with van der Waals surface area (Å²) in [6.45, 7) is 0.526. The zero-order chi connectivity index (χ0) is 5.61. The van der Waals surface area contributed by atoms with Crippen molar-refractivity contribution in [3.63, 3.8) is 0 Å². The van der Waals surface area contributed by atoms with Crippen LogP contribution in [0.3, 0.4) is 0 Å². The smallest absolute Gasteiger partial charge is 0.284 e. The highest BCUT2D eigenvalue weighted by Crippen LogP contribution is 2.40. The first-order chi connectivity index (χ1) is 3.87. The van der Waals surface area contributed by atoms with Gasteiger partial charge in [-0.3, -0.25) is 0 Å². The number of aliphatic hydroxyl groups excluding tert-OH is 1. The van der Waals surface area contributed by atoms with Gasteiger partial charge in [0, 0.05) is 0 Å². The summed E-state index contributed by atoms with van der Waals surface area (Å²) in [6.07, 6.45) is -0.0208. The van der Waals surface area contributed by atoms with Gasteiger partial charge in [0.15, 0.2) is 0 Å². The van der Waals surface area contributed by atoms with Gasteiger partial charge in [-0.2, -0.15) is 9.78 Å². The van der Waals surface area contributed by atoms with Crippen LogP contribution in [0, 0.1) is 0 Å². The Kier molecular flexibility index (Phi) is 0.715. The van der Waals surface area contributed by atoms with Crippen LogP contribution in [0.1, 0.15) is 0 Å². The van der Waals surface area contributed by atoms with Gasteiger partial charge in [0.05, 0.1) is 6.61 Å². The summed E-state index contributed by atoms with van der Waals surface area (Å²) in [5.41, 5.74) is 0. The molecule has 0 aromatic carbocycles. The average molecular weight is 118 g/mol. The normalized spacial score (nSPS) is 39.4. The molecule has 46 valence electrons. The highest BCUT2D eigenvalue weighted by Gasteiger charge is 2.62. The molecule has 0 aliphatic carbocycles. The van der Waals surface area contributed by atoms with E-state index in [1.54, 1.807) is 0 Å². The molecule has 0 unspecified atom stereocenters. The van der Waals surface area contributed by atoms with Gasteiger partial charge in [-0.25, -0.2) is 0 Å². The lowest BCUT2D eigenvalue weighted by molar-refractivity contribution is 0.0850. The molecule has 2 fully saturated rings. The standard InChI is InChI=1S/C4H6O4/c5-2-4(7-8-4)3-1-6-3/h3,5H,1-2H2/t3-/m0/s1. The van der Waals surface area contributed by atoms with E-state index in [4.69, 9.17) is 9.84 Å². The van der Waals surface area contributed by atoms with E-state index in [2.05, 4.69) is 9.78 Å². The second-order valence-corrected chi connectivity index (χ2v) is 1.96. The highest BCUT2D eigenvalue weighted by molar-refractivity contribution is 4.91. The molecule has 1 atom stereocenters. The van der Waals surface area contributed by atoms with Crippen molar-refractivity contribution in [2.75, 3.05) is 13.2 Å². The van der Waals surface area contributed by atoms with Gasteiger partial charge >= 0.3 is 0 Å². The highest BCUT2D eigenvalue weighted by atomic mass is 17.4. The van der Waals surface area contributed by atoms with Gasteiger partial charge in [-0.05, 0) is 0 Å². The fourth-order valence-electron chi connectivity index (χ4n) is 0.617. The van der Waals surface area contributed by atoms with E-state index in [0.29, 0.717) is 6.61 Å². The predicted octanol–water partition coefficient (Wildman–Crippen LogP) is -0.964. The second-order valence-electron chi connectivity index (χ2n) is 1.96. The lowest BCUT2D eigenvalue weighted by atomic mass is 10.2. The molecule has 8 heavy (non-hydrogen) atoms. The van der Waals surface area contributed by atoms with Crippen LogP contribution in [-0.4, -0.2) is 30.2 Å². The molecule has 2 rings (SSSR count). The maximum atomic E-state index is 8.54. The first-order valence-corrected chi connectivity index (χ1v) is 2.47. The van der Waals surface area contributed by atoms with Crippen LogP contribution in [-0.2, 0) is 14.5 Å². The minimum absolute atomic E-state index is 0.0208. The fraction of sp³-hybridized carbons (Fsp3) is 1.00. The third-order valence-corrected chi connectivity index (χ3v) is 1.34. The summed E-state index contributed by atoms with van der Waals surface area (Å²) in [5.74, 6) is -0.764. The topological polar surface area (TPSA) is 57.8 Å². The van der Waals surface area contributed by atoms with Gasteiger partial charge in [-0.1, -0.05) is 0 Å². The first-order valence-electron chi connectivity index (χ1n) is 2.47. The Bertz CT molecular complexity index is 105. The average Bonchev–Trinajstić information content (AvgIpc) is 2.63. The van der Waals surface area contributed by atoms with E-state index in [0.717, 1.165) is 0 Å². The molecule has 0 aromatic rings. The van der Waals surface area contributed by atoms with Gasteiger partial charge in [0.25, 0.3) is 5.79 Å². The molecule has 2 aliphatic rings. The minimum atomic E-state index is -0.764. The Morgan fingerprint density at radius 1 is 1.62 bits per heavy atom. The molecule has 4 heteroatoms. The molecule has 0 aromatic heterocycles. The van der Waals surface area contributed by atoms with Crippen molar-refractivity contribution in [3.8, 4) is 0 Å². The lowest BCUT2D eigenvalue weighted by Crippen LogP contribution is -2.23. The predicted molar refractivity (Wildman–Crippen MR) is 21.7 cm³/mol. The number of rotatable bonds is 2. The lowest BCUT2D eigenvalue weighted by Gasteiger charge is -1.92. The summed E-state index contributed by atoms with van der Waals surface area (Å²) in [7, 11) is 0. The van der Waals surface area contributed by atoms with Crippen molar-refractivity contribution >= 4 is 0 Å². The van der Waals surface area contributed by atoms with Crippen molar-refractivity contribution in [2.45, 2.75) is 11.9 Å². The Morgan fingerprint density at radius 3 is 2.38 bits per heavy atom. The Hall–Kier alpha value is -0.160. The molecule has 0 radical (unpaired) electrons. The molecule has 2 aliphatic heterocycles. The molecule has 0 amide bonds. The van der Waals surface area contributed by atoms with Crippen LogP contribution < -0.4 is 0 Å². The zero-order valence-electron chi connectivity index (χ0n) is 4.16. The molecular weight excluding hydrogens is 112 g/mol. The Labute approximate surface area is 45.9 Å². The van der Waals surface area contributed by atoms with Gasteiger partial charge in [-0.15, -0.1) is 0 Å². The van der Waals surface area contributed by atoms with E-state index >= 15 is 0 Å². The largest absolute Gasteiger partial charge is 0.390 e. The monoisotopic (exact) mass is 118 g/mol. The summed E-state index contributed by atoms with van der Waals surface area (Å²) in [4.78, 5) is 8.99. The van der Waals surface area contributed by atoms with Crippen LogP contribution in [0.15, 0.2) is 0 Å². The number of aliphatic hydroxyl groups is 1. The maximum absolute atomic E-state index is 8.54. The summed E-state index contributed by atoms with van der Waals surface area (Å²) < 4.78 is 4.82. The Morgan fingerprint density at radius 2 is 2.25 bits per heavy atom. The number of hydrogen-bond acceptors (Lipinski definition) is 4. The Balaban J connectivity index is 1.99. The quantitative estimate of drug-likeness (QED) is 0.374. The summed E-state index contributed by atoms with van der Waals surface area (Å²) >= 11 is 0. The van der Waals surface area contributed by atoms with Crippen LogP contribution in [0.4, 0.5) is 0 Å². The van der Waals surface area contributed by atoms with Crippen molar-refractivity contribution in [2.24, 2.45) is 0 Å². The van der Waals surface area contributed by atoms with Crippen molar-refractivity contribution in [1.29, 1.82) is 0 Å². The van der Waals surface area contributed by atoms with Crippen LogP contribution in [0.5, 0.6) is 0 Å².